The molecule has 0 aromatic carbocycles. The van der Waals surface area contributed by atoms with E-state index in [-0.39, 0.29) is 17.8 Å². The Morgan fingerprint density at radius 3 is 2.86 bits per heavy atom. The molecule has 1 fully saturated rings. The number of hydrogen-bond acceptors (Lipinski definition) is 2. The highest BCUT2D eigenvalue weighted by molar-refractivity contribution is 14.1. The highest BCUT2D eigenvalue weighted by atomic mass is 127. The molecule has 1 heterocycles. The molecule has 2 aliphatic rings. The minimum atomic E-state index is -0.115. The maximum atomic E-state index is 6.36. The van der Waals surface area contributed by atoms with E-state index in [0.29, 0.717) is 10.3 Å². The summed E-state index contributed by atoms with van der Waals surface area (Å²) in [6.07, 6.45) is 12.1. The van der Waals surface area contributed by atoms with Crippen LogP contribution in [0.5, 0.6) is 0 Å². The van der Waals surface area contributed by atoms with Gasteiger partial charge in [-0.05, 0) is 50.0 Å². The number of alkyl halides is 1. The molecule has 2 rings (SSSR count). The Bertz CT molecular complexity index is 433. The smallest absolute Gasteiger partial charge is 0.170 e. The van der Waals surface area contributed by atoms with Crippen molar-refractivity contribution in [1.82, 2.24) is 0 Å². The van der Waals surface area contributed by atoms with Crippen LogP contribution in [0.2, 0.25) is 0 Å². The van der Waals surface area contributed by atoms with Gasteiger partial charge in [-0.3, -0.25) is 0 Å². The lowest BCUT2D eigenvalue weighted by atomic mass is 9.70. The lowest BCUT2D eigenvalue weighted by Crippen LogP contribution is -2.39. The quantitative estimate of drug-likeness (QED) is 0.289. The first-order chi connectivity index (χ1) is 9.95. The molecular weight excluding hydrogens is 375 g/mol. The van der Waals surface area contributed by atoms with Gasteiger partial charge < -0.3 is 9.47 Å². The molecule has 1 aliphatic carbocycles. The fraction of sp³-hybridized carbons (Fsp3) is 0.778. The lowest BCUT2D eigenvalue weighted by molar-refractivity contribution is -0.175. The molecule has 3 heteroatoms. The largest absolute Gasteiger partial charge is 0.352 e. The number of halogens is 1. The van der Waals surface area contributed by atoms with Crippen LogP contribution >= 0.6 is 22.6 Å². The van der Waals surface area contributed by atoms with E-state index in [9.17, 15) is 0 Å². The van der Waals surface area contributed by atoms with Gasteiger partial charge in [0.15, 0.2) is 6.29 Å². The van der Waals surface area contributed by atoms with Crippen LogP contribution in [0.15, 0.2) is 11.1 Å². The summed E-state index contributed by atoms with van der Waals surface area (Å²) in [4.78, 5) is 0. The first-order valence-electron chi connectivity index (χ1n) is 8.00. The molecule has 0 aromatic rings. The van der Waals surface area contributed by atoms with E-state index in [1.165, 1.54) is 30.4 Å². The number of rotatable bonds is 4. The molecule has 1 aliphatic heterocycles. The van der Waals surface area contributed by atoms with Crippen molar-refractivity contribution in [2.45, 2.75) is 75.6 Å². The molecule has 0 N–H and O–H groups in total. The average molecular weight is 402 g/mol. The Kier molecular flexibility index (Phi) is 6.16. The van der Waals surface area contributed by atoms with Crippen molar-refractivity contribution in [3.05, 3.63) is 11.1 Å². The summed E-state index contributed by atoms with van der Waals surface area (Å²) in [5, 5.41) is 0. The second-order valence-corrected chi connectivity index (χ2v) is 8.46. The van der Waals surface area contributed by atoms with Gasteiger partial charge in [-0.25, -0.2) is 0 Å². The highest BCUT2D eigenvalue weighted by Crippen LogP contribution is 2.44. The Morgan fingerprint density at radius 1 is 1.48 bits per heavy atom. The topological polar surface area (TPSA) is 18.5 Å². The monoisotopic (exact) mass is 402 g/mol. The van der Waals surface area contributed by atoms with Crippen molar-refractivity contribution >= 4 is 22.6 Å². The standard InChI is InChI=1S/C18H27IO2/c1-5-8-15(21-17-14(19)10-7-12-20-17)16-13(2)9-6-11-18(16,3)4/h1,14-15,17H,6-12H2,2-4H3/t14-,15-,17+/m1/s1. The Hall–Kier alpha value is -0.0500. The second-order valence-electron chi connectivity index (χ2n) is 6.86. The summed E-state index contributed by atoms with van der Waals surface area (Å²) >= 11 is 2.45. The van der Waals surface area contributed by atoms with Crippen molar-refractivity contribution in [3.63, 3.8) is 0 Å². The van der Waals surface area contributed by atoms with Crippen LogP contribution < -0.4 is 0 Å². The molecule has 0 unspecified atom stereocenters. The maximum absolute atomic E-state index is 6.36. The van der Waals surface area contributed by atoms with Crippen molar-refractivity contribution in [3.8, 4) is 12.3 Å². The Morgan fingerprint density at radius 2 is 2.24 bits per heavy atom. The number of hydrogen-bond donors (Lipinski definition) is 0. The third kappa shape index (κ3) is 4.24. The zero-order valence-electron chi connectivity index (χ0n) is 13.5. The Balaban J connectivity index is 2.20. The molecule has 21 heavy (non-hydrogen) atoms. The zero-order valence-corrected chi connectivity index (χ0v) is 15.6. The van der Waals surface area contributed by atoms with Gasteiger partial charge in [-0.15, -0.1) is 12.3 Å². The van der Waals surface area contributed by atoms with Gasteiger partial charge in [0.25, 0.3) is 0 Å². The van der Waals surface area contributed by atoms with Crippen LogP contribution in [-0.4, -0.2) is 22.9 Å². The molecule has 118 valence electrons. The molecular formula is C18H27IO2. The predicted octanol–water partition coefficient (Wildman–Crippen LogP) is 4.86. The van der Waals surface area contributed by atoms with Crippen molar-refractivity contribution in [2.24, 2.45) is 5.41 Å². The molecule has 0 saturated carbocycles. The SMILES string of the molecule is C#CC[C@@H](O[C@@H]1OCCC[C@H]1I)C1=C(C)CCCC1(C)C. The van der Waals surface area contributed by atoms with E-state index in [0.717, 1.165) is 19.4 Å². The van der Waals surface area contributed by atoms with Crippen LogP contribution in [0.4, 0.5) is 0 Å². The second kappa shape index (κ2) is 7.48. The van der Waals surface area contributed by atoms with Gasteiger partial charge in [0.05, 0.1) is 10.0 Å². The van der Waals surface area contributed by atoms with Gasteiger partial charge in [-0.2, -0.15) is 0 Å². The summed E-state index contributed by atoms with van der Waals surface area (Å²) < 4.78 is 12.6. The number of terminal acetylenes is 1. The molecule has 0 amide bonds. The molecule has 0 spiro atoms. The first-order valence-corrected chi connectivity index (χ1v) is 9.25. The normalized spacial score (nSPS) is 30.8. The minimum absolute atomic E-state index is 0.00525. The highest BCUT2D eigenvalue weighted by Gasteiger charge is 2.36. The van der Waals surface area contributed by atoms with E-state index in [4.69, 9.17) is 15.9 Å². The molecule has 0 bridgehead atoms. The van der Waals surface area contributed by atoms with E-state index in [1.807, 2.05) is 0 Å². The summed E-state index contributed by atoms with van der Waals surface area (Å²) in [5.74, 6) is 2.81. The lowest BCUT2D eigenvalue weighted by Gasteiger charge is -2.40. The van der Waals surface area contributed by atoms with Crippen molar-refractivity contribution in [2.75, 3.05) is 6.61 Å². The molecule has 0 radical (unpaired) electrons. The average Bonchev–Trinajstić information content (AvgIpc) is 2.40. The summed E-state index contributed by atoms with van der Waals surface area (Å²) in [5.41, 5.74) is 3.07. The number of ether oxygens (including phenoxy) is 2. The third-order valence-corrected chi connectivity index (χ3v) is 5.88. The van der Waals surface area contributed by atoms with E-state index in [1.54, 1.807) is 0 Å². The van der Waals surface area contributed by atoms with Crippen LogP contribution in [0.1, 0.15) is 59.3 Å². The van der Waals surface area contributed by atoms with Crippen LogP contribution in [0.25, 0.3) is 0 Å². The molecule has 2 nitrogen and oxygen atoms in total. The van der Waals surface area contributed by atoms with Crippen LogP contribution in [-0.2, 0) is 9.47 Å². The van der Waals surface area contributed by atoms with Gasteiger partial charge in [0, 0.05) is 13.0 Å². The van der Waals surface area contributed by atoms with Gasteiger partial charge in [-0.1, -0.05) is 42.0 Å². The van der Waals surface area contributed by atoms with E-state index >= 15 is 0 Å². The van der Waals surface area contributed by atoms with Crippen molar-refractivity contribution in [1.29, 1.82) is 0 Å². The predicted molar refractivity (Wildman–Crippen MR) is 95.4 cm³/mol. The van der Waals surface area contributed by atoms with Gasteiger partial charge in [0.2, 0.25) is 0 Å². The molecule has 1 saturated heterocycles. The van der Waals surface area contributed by atoms with Gasteiger partial charge >= 0.3 is 0 Å². The zero-order chi connectivity index (χ0) is 15.5. The van der Waals surface area contributed by atoms with Crippen molar-refractivity contribution < 1.29 is 9.47 Å². The summed E-state index contributed by atoms with van der Waals surface area (Å²) in [7, 11) is 0. The third-order valence-electron chi connectivity index (χ3n) is 4.67. The van der Waals surface area contributed by atoms with Gasteiger partial charge in [0.1, 0.15) is 0 Å². The minimum Gasteiger partial charge on any atom is -0.352 e. The van der Waals surface area contributed by atoms with E-state index < -0.39 is 0 Å². The maximum Gasteiger partial charge on any atom is 0.170 e. The summed E-state index contributed by atoms with van der Waals surface area (Å²) in [6, 6.07) is 0. The van der Waals surface area contributed by atoms with E-state index in [2.05, 4.69) is 49.3 Å². The fourth-order valence-electron chi connectivity index (χ4n) is 3.68. The first kappa shape index (κ1) is 17.3. The fourth-order valence-corrected chi connectivity index (χ4v) is 4.50. The summed E-state index contributed by atoms with van der Waals surface area (Å²) in [6.45, 7) is 7.68. The van der Waals surface area contributed by atoms with Crippen LogP contribution in [0.3, 0.4) is 0 Å². The van der Waals surface area contributed by atoms with Crippen LogP contribution in [0, 0.1) is 17.8 Å². The molecule has 0 aromatic heterocycles. The Labute approximate surface area is 143 Å². The molecule has 3 atom stereocenters. The number of allylic oxidation sites excluding steroid dienone is 1.